The highest BCUT2D eigenvalue weighted by molar-refractivity contribution is 9.11. The molecule has 5 nitrogen and oxygen atoms in total. The molecule has 2 aromatic rings. The number of carbonyl (C=O) groups is 1. The van der Waals surface area contributed by atoms with Gasteiger partial charge in [0.25, 0.3) is 0 Å². The fourth-order valence-corrected chi connectivity index (χ4v) is 4.37. The van der Waals surface area contributed by atoms with E-state index in [0.29, 0.717) is 17.4 Å². The Morgan fingerprint density at radius 3 is 2.79 bits per heavy atom. The largest absolute Gasteiger partial charge is 0.494 e. The number of carbonyl (C=O) groups excluding carboxylic acids is 1. The minimum atomic E-state index is -0.510. The number of methoxy groups -OCH3 is 1. The zero-order valence-electron chi connectivity index (χ0n) is 10.2. The molecule has 0 saturated carbocycles. The zero-order valence-corrected chi connectivity index (χ0v) is 14.2. The molecular weight excluding hydrogens is 398 g/mol. The molecule has 0 bridgehead atoms. The van der Waals surface area contributed by atoms with Gasteiger partial charge in [-0.3, -0.25) is 4.90 Å². The number of hydrogen-bond acceptors (Lipinski definition) is 4. The van der Waals surface area contributed by atoms with Crippen molar-refractivity contribution in [3.63, 3.8) is 0 Å². The van der Waals surface area contributed by atoms with Crippen molar-refractivity contribution >= 4 is 64.6 Å². The van der Waals surface area contributed by atoms with Gasteiger partial charge in [-0.25, -0.2) is 9.78 Å². The number of hydrogen-bond donors (Lipinski definition) is 1. The predicted molar refractivity (Wildman–Crippen MR) is 84.2 cm³/mol. The summed E-state index contributed by atoms with van der Waals surface area (Å²) in [7, 11) is 1.60. The van der Waals surface area contributed by atoms with Gasteiger partial charge in [0.1, 0.15) is 5.75 Å². The Balaban J connectivity index is 2.63. The zero-order chi connectivity index (χ0) is 14.2. The number of nitrogens with two attached hydrogens (primary N) is 1. The minimum Gasteiger partial charge on any atom is -0.494 e. The molecule has 0 radical (unpaired) electrons. The van der Waals surface area contributed by atoms with Gasteiger partial charge in [-0.1, -0.05) is 11.3 Å². The van der Waals surface area contributed by atoms with Gasteiger partial charge in [0.15, 0.2) is 5.13 Å². The third-order valence-corrected chi connectivity index (χ3v) is 5.26. The summed E-state index contributed by atoms with van der Waals surface area (Å²) in [5.74, 6) is 0.699. The highest BCUT2D eigenvalue weighted by Crippen LogP contribution is 2.43. The first-order valence-electron chi connectivity index (χ1n) is 5.39. The summed E-state index contributed by atoms with van der Waals surface area (Å²) < 4.78 is 7.83. The molecule has 0 aliphatic carbocycles. The number of primary amides is 1. The van der Waals surface area contributed by atoms with Crippen LogP contribution in [0.15, 0.2) is 15.0 Å². The van der Waals surface area contributed by atoms with Gasteiger partial charge in [-0.2, -0.15) is 0 Å². The second-order valence-corrected chi connectivity index (χ2v) is 6.26. The standard InChI is InChI=1S/C11H11Br2N3O2S/c1-3-16(10(14)17)11-15-6-4-5(12)8(18-2)7(13)9(6)19-11/h4H,3H2,1-2H3,(H2,14,17). The SMILES string of the molecule is CCN(C(N)=O)c1nc2cc(Br)c(OC)c(Br)c2s1. The van der Waals surface area contributed by atoms with Crippen LogP contribution in [-0.4, -0.2) is 24.7 Å². The summed E-state index contributed by atoms with van der Waals surface area (Å²) in [5, 5.41) is 0.575. The van der Waals surface area contributed by atoms with Gasteiger partial charge in [0.2, 0.25) is 0 Å². The Bertz CT molecular complexity index is 644. The topological polar surface area (TPSA) is 68.5 Å². The van der Waals surface area contributed by atoms with Gasteiger partial charge in [-0.15, -0.1) is 0 Å². The lowest BCUT2D eigenvalue weighted by atomic mass is 10.3. The number of nitrogens with zero attached hydrogens (tertiary/aromatic N) is 2. The Morgan fingerprint density at radius 1 is 1.58 bits per heavy atom. The van der Waals surface area contributed by atoms with Crippen molar-refractivity contribution in [2.75, 3.05) is 18.6 Å². The summed E-state index contributed by atoms with van der Waals surface area (Å²) in [5.41, 5.74) is 6.11. The third-order valence-electron chi connectivity index (χ3n) is 2.54. The van der Waals surface area contributed by atoms with E-state index < -0.39 is 6.03 Å². The normalized spacial score (nSPS) is 10.7. The van der Waals surface area contributed by atoms with Crippen molar-refractivity contribution in [1.29, 1.82) is 0 Å². The lowest BCUT2D eigenvalue weighted by molar-refractivity contribution is 0.254. The monoisotopic (exact) mass is 407 g/mol. The van der Waals surface area contributed by atoms with Crippen molar-refractivity contribution in [2.45, 2.75) is 6.92 Å². The molecule has 0 unspecified atom stereocenters. The highest BCUT2D eigenvalue weighted by Gasteiger charge is 2.19. The average Bonchev–Trinajstić information content (AvgIpc) is 2.73. The molecule has 1 aromatic heterocycles. The highest BCUT2D eigenvalue weighted by atomic mass is 79.9. The molecule has 0 aliphatic rings. The van der Waals surface area contributed by atoms with E-state index in [1.807, 2.05) is 13.0 Å². The number of ether oxygens (including phenoxy) is 1. The van der Waals surface area contributed by atoms with Crippen LogP contribution in [0.1, 0.15) is 6.92 Å². The predicted octanol–water partition coefficient (Wildman–Crippen LogP) is 3.73. The van der Waals surface area contributed by atoms with Gasteiger partial charge in [-0.05, 0) is 44.8 Å². The van der Waals surface area contributed by atoms with E-state index in [2.05, 4.69) is 36.8 Å². The van der Waals surface area contributed by atoms with Gasteiger partial charge >= 0.3 is 6.03 Å². The lowest BCUT2D eigenvalue weighted by Crippen LogP contribution is -2.35. The number of urea groups is 1. The molecule has 1 heterocycles. The number of fused-ring (bicyclic) bond motifs is 1. The quantitative estimate of drug-likeness (QED) is 0.840. The number of amides is 2. The molecule has 2 N–H and O–H groups in total. The fraction of sp³-hybridized carbons (Fsp3) is 0.273. The first kappa shape index (κ1) is 14.5. The van der Waals surface area contributed by atoms with Gasteiger partial charge in [0.05, 0.1) is 26.3 Å². The van der Waals surface area contributed by atoms with Crippen molar-refractivity contribution in [3.05, 3.63) is 15.0 Å². The van der Waals surface area contributed by atoms with Crippen LogP contribution < -0.4 is 15.4 Å². The van der Waals surface area contributed by atoms with Crippen molar-refractivity contribution in [1.82, 2.24) is 4.98 Å². The molecule has 0 fully saturated rings. The number of thiazole rings is 1. The first-order chi connectivity index (χ1) is 8.99. The molecule has 19 heavy (non-hydrogen) atoms. The molecule has 8 heteroatoms. The molecule has 0 saturated heterocycles. The molecule has 102 valence electrons. The Morgan fingerprint density at radius 2 is 2.26 bits per heavy atom. The second-order valence-electron chi connectivity index (χ2n) is 3.63. The lowest BCUT2D eigenvalue weighted by Gasteiger charge is -2.13. The third kappa shape index (κ3) is 2.56. The van der Waals surface area contributed by atoms with Crippen LogP contribution in [0.3, 0.4) is 0 Å². The minimum absolute atomic E-state index is 0.477. The van der Waals surface area contributed by atoms with Crippen molar-refractivity contribution in [3.8, 4) is 5.75 Å². The number of anilines is 1. The smallest absolute Gasteiger partial charge is 0.321 e. The van der Waals surface area contributed by atoms with E-state index in [0.717, 1.165) is 19.2 Å². The van der Waals surface area contributed by atoms with Crippen LogP contribution in [0.2, 0.25) is 0 Å². The van der Waals surface area contributed by atoms with E-state index in [1.54, 1.807) is 7.11 Å². The molecular formula is C11H11Br2N3O2S. The van der Waals surface area contributed by atoms with Gasteiger partial charge in [0, 0.05) is 6.54 Å². The molecule has 1 aromatic carbocycles. The number of aromatic nitrogens is 1. The summed E-state index contributed by atoms with van der Waals surface area (Å²) in [6, 6.07) is 1.34. The van der Waals surface area contributed by atoms with E-state index in [4.69, 9.17) is 10.5 Å². The second kappa shape index (κ2) is 5.64. The maximum absolute atomic E-state index is 11.4. The maximum Gasteiger partial charge on any atom is 0.321 e. The van der Waals surface area contributed by atoms with Crippen LogP contribution in [0.25, 0.3) is 10.2 Å². The first-order valence-corrected chi connectivity index (χ1v) is 7.79. The number of benzene rings is 1. The summed E-state index contributed by atoms with van der Waals surface area (Å²) in [4.78, 5) is 17.2. The van der Waals surface area contributed by atoms with E-state index in [9.17, 15) is 4.79 Å². The van der Waals surface area contributed by atoms with Crippen LogP contribution in [0, 0.1) is 0 Å². The van der Waals surface area contributed by atoms with Crippen LogP contribution in [-0.2, 0) is 0 Å². The summed E-state index contributed by atoms with van der Waals surface area (Å²) in [6.07, 6.45) is 0. The molecule has 2 rings (SSSR count). The summed E-state index contributed by atoms with van der Waals surface area (Å²) in [6.45, 7) is 2.33. The molecule has 2 amide bonds. The van der Waals surface area contributed by atoms with Crippen LogP contribution >= 0.6 is 43.2 Å². The maximum atomic E-state index is 11.4. The fourth-order valence-electron chi connectivity index (χ4n) is 1.66. The van der Waals surface area contributed by atoms with E-state index >= 15 is 0 Å². The van der Waals surface area contributed by atoms with Crippen LogP contribution in [0.4, 0.5) is 9.93 Å². The van der Waals surface area contributed by atoms with E-state index in [1.165, 1.54) is 16.2 Å². The molecule has 0 spiro atoms. The Kier molecular flexibility index (Phi) is 4.32. The average molecular weight is 409 g/mol. The molecule has 0 atom stereocenters. The number of halogens is 2. The Labute approximate surface area is 131 Å². The van der Waals surface area contributed by atoms with E-state index in [-0.39, 0.29) is 0 Å². The van der Waals surface area contributed by atoms with Crippen LogP contribution in [0.5, 0.6) is 5.75 Å². The Hall–Kier alpha value is -0.860. The summed E-state index contributed by atoms with van der Waals surface area (Å²) >= 11 is 8.31. The van der Waals surface area contributed by atoms with Crippen molar-refractivity contribution in [2.24, 2.45) is 5.73 Å². The molecule has 0 aliphatic heterocycles. The van der Waals surface area contributed by atoms with Crippen molar-refractivity contribution < 1.29 is 9.53 Å². The van der Waals surface area contributed by atoms with Gasteiger partial charge < -0.3 is 10.5 Å². The number of rotatable bonds is 3.